The van der Waals surface area contributed by atoms with Crippen molar-refractivity contribution in [1.29, 1.82) is 0 Å². The van der Waals surface area contributed by atoms with Gasteiger partial charge < -0.3 is 68.5 Å². The van der Waals surface area contributed by atoms with E-state index < -0.39 is 102 Å². The van der Waals surface area contributed by atoms with E-state index in [9.17, 15) is 35.1 Å². The molecule has 59 heavy (non-hydrogen) atoms. The highest BCUT2D eigenvalue weighted by molar-refractivity contribution is 5.78. The molecule has 3 saturated heterocycles. The van der Waals surface area contributed by atoms with Crippen molar-refractivity contribution in [2.45, 2.75) is 205 Å². The molecule has 0 aromatic heterocycles. The Bertz CT molecular complexity index is 1320. The van der Waals surface area contributed by atoms with Crippen LogP contribution in [0.3, 0.4) is 0 Å². The van der Waals surface area contributed by atoms with E-state index in [0.29, 0.717) is 32.4 Å². The molecule has 0 aromatic rings. The summed E-state index contributed by atoms with van der Waals surface area (Å²) in [5.74, 6) is -2.57. The lowest BCUT2D eigenvalue weighted by molar-refractivity contribution is -0.319. The lowest BCUT2D eigenvalue weighted by atomic mass is 9.77. The predicted octanol–water partition coefficient (Wildman–Crippen LogP) is 2.61. The number of likely N-dealkylation sites (N-methyl/N-ethyl adjacent to an activating group) is 2. The second kappa shape index (κ2) is 21.7. The smallest absolute Gasteiger partial charge is 0.305 e. The number of carbonyl (C=O) groups excluding carboxylic acids is 2. The first-order valence-electron chi connectivity index (χ1n) is 21.8. The number of amides is 1. The van der Waals surface area contributed by atoms with Crippen LogP contribution < -0.4 is 0 Å². The van der Waals surface area contributed by atoms with Crippen LogP contribution in [0.15, 0.2) is 0 Å². The van der Waals surface area contributed by atoms with Crippen LogP contribution in [0.25, 0.3) is 0 Å². The topological polar surface area (TPSA) is 206 Å². The van der Waals surface area contributed by atoms with E-state index in [1.54, 1.807) is 48.6 Å². The van der Waals surface area contributed by atoms with Crippen LogP contribution in [0.4, 0.5) is 0 Å². The highest BCUT2D eigenvalue weighted by Crippen LogP contribution is 2.40. The molecular weight excluding hydrogens is 768 g/mol. The Hall–Kier alpha value is -1.54. The standard InChI is InChI=1S/C43H80N2O14/c1-15-31-43(11,52)36(48)28(7)45(13)39(50)24(3)21-41(9,51)38(59-40-34(47)30(20-26(5)56-40)44(12)19-17-18-32(46)54-16-2)27(6)35(25(4)23-55-31)58-33-22-42(10,53-14)37(49)29(8)57-33/h24-31,33-38,40,47-49,51-52H,15-23H2,1-14H3. The zero-order valence-electron chi connectivity index (χ0n) is 38.3. The summed E-state index contributed by atoms with van der Waals surface area (Å²) in [6, 6.07) is -1.23. The molecule has 16 heteroatoms. The molecule has 3 heterocycles. The predicted molar refractivity (Wildman–Crippen MR) is 219 cm³/mol. The van der Waals surface area contributed by atoms with Crippen molar-refractivity contribution in [2.75, 3.05) is 41.0 Å². The molecule has 0 saturated carbocycles. The van der Waals surface area contributed by atoms with Gasteiger partial charge in [0, 0.05) is 50.8 Å². The van der Waals surface area contributed by atoms with Crippen LogP contribution in [0.2, 0.25) is 0 Å². The lowest BCUT2D eigenvalue weighted by Crippen LogP contribution is -2.60. The van der Waals surface area contributed by atoms with Gasteiger partial charge in [0.05, 0.1) is 61.0 Å². The Morgan fingerprint density at radius 1 is 0.966 bits per heavy atom. The normalized spacial score (nSPS) is 44.8. The fourth-order valence-corrected chi connectivity index (χ4v) is 9.48. The van der Waals surface area contributed by atoms with Crippen molar-refractivity contribution in [3.8, 4) is 0 Å². The second-order valence-electron chi connectivity index (χ2n) is 18.5. The van der Waals surface area contributed by atoms with Crippen molar-refractivity contribution < 1.29 is 68.3 Å². The van der Waals surface area contributed by atoms with Crippen molar-refractivity contribution in [3.63, 3.8) is 0 Å². The van der Waals surface area contributed by atoms with Crippen LogP contribution in [-0.4, -0.2) is 178 Å². The third-order valence-electron chi connectivity index (χ3n) is 13.3. The van der Waals surface area contributed by atoms with Crippen molar-refractivity contribution >= 4 is 11.9 Å². The van der Waals surface area contributed by atoms with E-state index in [2.05, 4.69) is 0 Å². The van der Waals surface area contributed by atoms with Gasteiger partial charge in [0.25, 0.3) is 0 Å². The second-order valence-corrected chi connectivity index (χ2v) is 18.5. The van der Waals surface area contributed by atoms with Gasteiger partial charge >= 0.3 is 5.97 Å². The number of aliphatic hydroxyl groups excluding tert-OH is 3. The number of esters is 1. The molecule has 0 bridgehead atoms. The highest BCUT2D eigenvalue weighted by Gasteiger charge is 2.52. The number of rotatable bonds is 12. The molecule has 3 rings (SSSR count). The summed E-state index contributed by atoms with van der Waals surface area (Å²) >= 11 is 0. The number of hydrogen-bond acceptors (Lipinski definition) is 15. The van der Waals surface area contributed by atoms with Gasteiger partial charge in [-0.05, 0) is 87.7 Å². The molecular formula is C43H80N2O14. The van der Waals surface area contributed by atoms with Gasteiger partial charge in [-0.2, -0.15) is 0 Å². The number of ether oxygens (including phenoxy) is 7. The Balaban J connectivity index is 2.11. The Labute approximate surface area is 353 Å². The van der Waals surface area contributed by atoms with E-state index in [0.717, 1.165) is 0 Å². The molecule has 0 spiro atoms. The first kappa shape index (κ1) is 51.8. The molecule has 0 radical (unpaired) electrons. The Kier molecular flexibility index (Phi) is 19.1. The van der Waals surface area contributed by atoms with Gasteiger partial charge in [0.1, 0.15) is 23.9 Å². The zero-order valence-corrected chi connectivity index (χ0v) is 38.3. The van der Waals surface area contributed by atoms with E-state index in [-0.39, 0.29) is 43.8 Å². The maximum absolute atomic E-state index is 14.0. The van der Waals surface area contributed by atoms with Gasteiger partial charge in [-0.1, -0.05) is 27.7 Å². The van der Waals surface area contributed by atoms with Crippen LogP contribution in [-0.2, 0) is 42.7 Å². The molecule has 3 aliphatic heterocycles. The molecule has 346 valence electrons. The number of carbonyl (C=O) groups is 2. The molecule has 5 N–H and O–H groups in total. The molecule has 18 atom stereocenters. The van der Waals surface area contributed by atoms with Gasteiger partial charge in [-0.15, -0.1) is 0 Å². The van der Waals surface area contributed by atoms with Crippen LogP contribution in [0.1, 0.15) is 115 Å². The molecule has 18 unspecified atom stereocenters. The van der Waals surface area contributed by atoms with Crippen LogP contribution in [0.5, 0.6) is 0 Å². The Morgan fingerprint density at radius 2 is 1.61 bits per heavy atom. The fraction of sp³-hybridized carbons (Fsp3) is 0.953. The summed E-state index contributed by atoms with van der Waals surface area (Å²) in [6.45, 7) is 20.1. The Morgan fingerprint density at radius 3 is 2.20 bits per heavy atom. The number of aliphatic hydroxyl groups is 5. The minimum Gasteiger partial charge on any atom is -0.466 e. The average molecular weight is 849 g/mol. The molecule has 16 nitrogen and oxygen atoms in total. The van der Waals surface area contributed by atoms with E-state index in [1.165, 1.54) is 18.9 Å². The van der Waals surface area contributed by atoms with Gasteiger partial charge in [0.15, 0.2) is 12.6 Å². The molecule has 3 aliphatic rings. The maximum Gasteiger partial charge on any atom is 0.305 e. The van der Waals surface area contributed by atoms with Crippen LogP contribution in [0, 0.1) is 17.8 Å². The summed E-state index contributed by atoms with van der Waals surface area (Å²) in [5, 5.41) is 58.9. The zero-order chi connectivity index (χ0) is 44.8. The number of hydrogen-bond donors (Lipinski definition) is 5. The van der Waals surface area contributed by atoms with Gasteiger partial charge in [-0.25, -0.2) is 0 Å². The largest absolute Gasteiger partial charge is 0.466 e. The summed E-state index contributed by atoms with van der Waals surface area (Å²) in [4.78, 5) is 29.5. The minimum atomic E-state index is -1.75. The third-order valence-corrected chi connectivity index (χ3v) is 13.3. The highest BCUT2D eigenvalue weighted by atomic mass is 16.7. The van der Waals surface area contributed by atoms with E-state index in [1.807, 2.05) is 39.6 Å². The first-order valence-corrected chi connectivity index (χ1v) is 21.8. The van der Waals surface area contributed by atoms with E-state index >= 15 is 0 Å². The van der Waals surface area contributed by atoms with Crippen molar-refractivity contribution in [1.82, 2.24) is 9.80 Å². The summed E-state index contributed by atoms with van der Waals surface area (Å²) in [7, 11) is 4.96. The molecule has 0 aromatic carbocycles. The SMILES string of the molecule is CCOC(=O)CCCN(C)C1CC(C)OC(OC2C(C)C(OC3CC(C)(OC)C(O)C(C)O3)C(C)COC(CC)C(C)(O)C(O)C(C)N(C)C(=O)C(C)CC2(C)O)C1O. The molecule has 3 fully saturated rings. The van der Waals surface area contributed by atoms with Crippen molar-refractivity contribution in [2.24, 2.45) is 17.8 Å². The monoisotopic (exact) mass is 849 g/mol. The summed E-state index contributed by atoms with van der Waals surface area (Å²) in [6.07, 6.45) is -7.59. The summed E-state index contributed by atoms with van der Waals surface area (Å²) < 4.78 is 43.5. The third kappa shape index (κ3) is 12.6. The van der Waals surface area contributed by atoms with E-state index in [4.69, 9.17) is 33.2 Å². The fourth-order valence-electron chi connectivity index (χ4n) is 9.48. The first-order chi connectivity index (χ1) is 27.4. The van der Waals surface area contributed by atoms with Gasteiger partial charge in [0.2, 0.25) is 5.91 Å². The van der Waals surface area contributed by atoms with Crippen molar-refractivity contribution in [3.05, 3.63) is 0 Å². The maximum atomic E-state index is 14.0. The van der Waals surface area contributed by atoms with Gasteiger partial charge in [-0.3, -0.25) is 9.59 Å². The molecule has 1 amide bonds. The number of methoxy groups -OCH3 is 1. The van der Waals surface area contributed by atoms with Crippen LogP contribution >= 0.6 is 0 Å². The number of nitrogens with zero attached hydrogens (tertiary/aromatic N) is 2. The average Bonchev–Trinajstić information content (AvgIpc) is 3.17. The quantitative estimate of drug-likeness (QED) is 0.179. The summed E-state index contributed by atoms with van der Waals surface area (Å²) in [5.41, 5.74) is -4.49. The molecule has 0 aliphatic carbocycles. The lowest BCUT2D eigenvalue weighted by Gasteiger charge is -2.49. The minimum absolute atomic E-state index is 0.0511.